The molecular formula is C19H18N4O2. The molecule has 1 aromatic heterocycles. The quantitative estimate of drug-likeness (QED) is 0.765. The fourth-order valence-corrected chi connectivity index (χ4v) is 2.92. The number of hydrogen-bond acceptors (Lipinski definition) is 6. The Kier molecular flexibility index (Phi) is 3.85. The molecule has 0 saturated heterocycles. The van der Waals surface area contributed by atoms with Crippen molar-refractivity contribution in [2.24, 2.45) is 4.99 Å². The summed E-state index contributed by atoms with van der Waals surface area (Å²) >= 11 is 0. The topological polar surface area (TPSA) is 67.8 Å². The average molecular weight is 334 g/mol. The fourth-order valence-electron chi connectivity index (χ4n) is 2.92. The van der Waals surface area contributed by atoms with Gasteiger partial charge in [0.1, 0.15) is 11.5 Å². The van der Waals surface area contributed by atoms with Gasteiger partial charge in [0, 0.05) is 11.8 Å². The van der Waals surface area contributed by atoms with Crippen molar-refractivity contribution in [2.45, 2.75) is 6.42 Å². The molecule has 4 rings (SSSR count). The van der Waals surface area contributed by atoms with E-state index in [0.29, 0.717) is 17.9 Å². The van der Waals surface area contributed by atoms with E-state index in [9.17, 15) is 0 Å². The normalized spacial score (nSPS) is 12.6. The molecule has 0 unspecified atom stereocenters. The number of nitrogens with zero attached hydrogens (tertiary/aromatic N) is 2. The molecule has 2 aromatic carbocycles. The van der Waals surface area contributed by atoms with E-state index in [0.717, 1.165) is 33.7 Å². The lowest BCUT2D eigenvalue weighted by Crippen LogP contribution is -2.33. The second-order valence-electron chi connectivity index (χ2n) is 5.71. The molecule has 0 aliphatic carbocycles. The van der Waals surface area contributed by atoms with Gasteiger partial charge in [0.25, 0.3) is 0 Å². The third-order valence-corrected chi connectivity index (χ3v) is 4.16. The van der Waals surface area contributed by atoms with Gasteiger partial charge in [0.2, 0.25) is 0 Å². The molecule has 0 amide bonds. The molecule has 0 atom stereocenters. The Hall–Kier alpha value is -3.28. The number of ether oxygens (including phenoxy) is 2. The zero-order valence-corrected chi connectivity index (χ0v) is 14.0. The molecule has 0 bridgehead atoms. The van der Waals surface area contributed by atoms with Crippen LogP contribution in [-0.4, -0.2) is 25.0 Å². The molecule has 126 valence electrons. The maximum atomic E-state index is 5.36. The number of para-hydroxylation sites is 1. The van der Waals surface area contributed by atoms with Gasteiger partial charge in [0.05, 0.1) is 31.6 Å². The minimum Gasteiger partial charge on any atom is -0.493 e. The average Bonchev–Trinajstić information content (AvgIpc) is 2.67. The first-order valence-electron chi connectivity index (χ1n) is 7.96. The van der Waals surface area contributed by atoms with E-state index in [1.807, 2.05) is 42.5 Å². The summed E-state index contributed by atoms with van der Waals surface area (Å²) in [5, 5.41) is 1.04. The SMILES string of the molecule is COc1ccc(CC2=Nc3cnc4ccccc4c3NN2)cc1OC. The van der Waals surface area contributed by atoms with Gasteiger partial charge in [-0.1, -0.05) is 24.3 Å². The van der Waals surface area contributed by atoms with Crippen LogP contribution in [0.4, 0.5) is 11.4 Å². The third-order valence-electron chi connectivity index (χ3n) is 4.16. The number of rotatable bonds is 4. The second kappa shape index (κ2) is 6.32. The van der Waals surface area contributed by atoms with E-state index in [4.69, 9.17) is 14.5 Å². The molecule has 6 heteroatoms. The van der Waals surface area contributed by atoms with Crippen LogP contribution in [-0.2, 0) is 6.42 Å². The van der Waals surface area contributed by atoms with Gasteiger partial charge in [-0.2, -0.15) is 0 Å². The zero-order valence-electron chi connectivity index (χ0n) is 14.0. The van der Waals surface area contributed by atoms with E-state index in [1.165, 1.54) is 0 Å². The molecular weight excluding hydrogens is 316 g/mol. The minimum absolute atomic E-state index is 0.639. The van der Waals surface area contributed by atoms with Gasteiger partial charge in [-0.05, 0) is 23.8 Å². The van der Waals surface area contributed by atoms with Crippen LogP contribution in [0.2, 0.25) is 0 Å². The first-order chi connectivity index (χ1) is 12.3. The van der Waals surface area contributed by atoms with Gasteiger partial charge in [0.15, 0.2) is 11.5 Å². The smallest absolute Gasteiger partial charge is 0.161 e. The molecule has 0 fully saturated rings. The highest BCUT2D eigenvalue weighted by Crippen LogP contribution is 2.33. The number of amidine groups is 1. The number of hydrazine groups is 1. The number of aromatic nitrogens is 1. The molecule has 1 aliphatic rings. The number of hydrogen-bond donors (Lipinski definition) is 2. The lowest BCUT2D eigenvalue weighted by molar-refractivity contribution is 0.354. The molecule has 0 saturated carbocycles. The fraction of sp³-hybridized carbons (Fsp3) is 0.158. The highest BCUT2D eigenvalue weighted by molar-refractivity contribution is 6.02. The maximum absolute atomic E-state index is 5.36. The van der Waals surface area contributed by atoms with Crippen LogP contribution in [0.15, 0.2) is 53.7 Å². The monoisotopic (exact) mass is 334 g/mol. The Balaban J connectivity index is 1.65. The predicted octanol–water partition coefficient (Wildman–Crippen LogP) is 3.45. The van der Waals surface area contributed by atoms with Crippen molar-refractivity contribution in [1.29, 1.82) is 0 Å². The van der Waals surface area contributed by atoms with Crippen LogP contribution in [0.3, 0.4) is 0 Å². The molecule has 1 aliphatic heterocycles. The van der Waals surface area contributed by atoms with Crippen molar-refractivity contribution in [3.63, 3.8) is 0 Å². The van der Waals surface area contributed by atoms with Gasteiger partial charge < -0.3 is 9.47 Å². The van der Waals surface area contributed by atoms with Crippen molar-refractivity contribution in [2.75, 3.05) is 19.6 Å². The lowest BCUT2D eigenvalue weighted by atomic mass is 10.1. The van der Waals surface area contributed by atoms with Gasteiger partial charge in [-0.25, -0.2) is 4.99 Å². The van der Waals surface area contributed by atoms with Crippen molar-refractivity contribution >= 4 is 28.1 Å². The number of fused-ring (bicyclic) bond motifs is 3. The number of anilines is 1. The predicted molar refractivity (Wildman–Crippen MR) is 98.8 cm³/mol. The number of aliphatic imine (C=N–C) groups is 1. The molecule has 25 heavy (non-hydrogen) atoms. The summed E-state index contributed by atoms with van der Waals surface area (Å²) in [4.78, 5) is 9.17. The summed E-state index contributed by atoms with van der Waals surface area (Å²) in [5.41, 5.74) is 10.2. The second-order valence-corrected chi connectivity index (χ2v) is 5.71. The molecule has 6 nitrogen and oxygen atoms in total. The summed E-state index contributed by atoms with van der Waals surface area (Å²) in [7, 11) is 3.26. The Bertz CT molecular complexity index is 969. The van der Waals surface area contributed by atoms with Crippen LogP contribution in [0, 0.1) is 0 Å². The highest BCUT2D eigenvalue weighted by atomic mass is 16.5. The van der Waals surface area contributed by atoms with Gasteiger partial charge >= 0.3 is 0 Å². The van der Waals surface area contributed by atoms with Crippen LogP contribution in [0.1, 0.15) is 5.56 Å². The Morgan fingerprint density at radius 2 is 1.80 bits per heavy atom. The zero-order chi connectivity index (χ0) is 17.2. The summed E-state index contributed by atoms with van der Waals surface area (Å²) < 4.78 is 10.6. The summed E-state index contributed by atoms with van der Waals surface area (Å²) in [6.07, 6.45) is 2.43. The van der Waals surface area contributed by atoms with Crippen LogP contribution < -0.4 is 20.3 Å². The van der Waals surface area contributed by atoms with E-state index >= 15 is 0 Å². The molecule has 3 aromatic rings. The number of benzene rings is 2. The van der Waals surface area contributed by atoms with E-state index in [2.05, 4.69) is 15.8 Å². The molecule has 0 spiro atoms. The highest BCUT2D eigenvalue weighted by Gasteiger charge is 2.15. The van der Waals surface area contributed by atoms with Crippen molar-refractivity contribution in [3.8, 4) is 11.5 Å². The van der Waals surface area contributed by atoms with Crippen molar-refractivity contribution in [3.05, 3.63) is 54.2 Å². The maximum Gasteiger partial charge on any atom is 0.161 e. The number of pyridine rings is 1. The molecule has 0 radical (unpaired) electrons. The Labute approximate surface area is 145 Å². The minimum atomic E-state index is 0.639. The van der Waals surface area contributed by atoms with Gasteiger partial charge in [-0.15, -0.1) is 0 Å². The van der Waals surface area contributed by atoms with E-state index < -0.39 is 0 Å². The van der Waals surface area contributed by atoms with Crippen molar-refractivity contribution in [1.82, 2.24) is 10.4 Å². The number of nitrogens with one attached hydrogen (secondary N) is 2. The molecule has 2 heterocycles. The van der Waals surface area contributed by atoms with Crippen LogP contribution in [0.25, 0.3) is 10.9 Å². The summed E-state index contributed by atoms with van der Waals surface area (Å²) in [5.74, 6) is 2.23. The largest absolute Gasteiger partial charge is 0.493 e. The van der Waals surface area contributed by atoms with Crippen LogP contribution in [0.5, 0.6) is 11.5 Å². The Morgan fingerprint density at radius 3 is 2.64 bits per heavy atom. The van der Waals surface area contributed by atoms with Crippen LogP contribution >= 0.6 is 0 Å². The standard InChI is InChI=1S/C19H18N4O2/c1-24-16-8-7-12(9-17(16)25-2)10-18-21-15-11-20-14-6-4-3-5-13(14)19(15)23-22-18/h3-9,11,23H,10H2,1-2H3,(H,21,22). The van der Waals surface area contributed by atoms with Crippen molar-refractivity contribution < 1.29 is 9.47 Å². The van der Waals surface area contributed by atoms with Gasteiger partial charge in [-0.3, -0.25) is 15.8 Å². The van der Waals surface area contributed by atoms with E-state index in [-0.39, 0.29) is 0 Å². The van der Waals surface area contributed by atoms with E-state index in [1.54, 1.807) is 20.4 Å². The molecule has 2 N–H and O–H groups in total. The first kappa shape index (κ1) is 15.3. The summed E-state index contributed by atoms with van der Waals surface area (Å²) in [6, 6.07) is 13.8. The first-order valence-corrected chi connectivity index (χ1v) is 7.96. The number of methoxy groups -OCH3 is 2. The Morgan fingerprint density at radius 1 is 0.960 bits per heavy atom. The summed E-state index contributed by atoms with van der Waals surface area (Å²) in [6.45, 7) is 0. The third kappa shape index (κ3) is 2.82. The lowest BCUT2D eigenvalue weighted by Gasteiger charge is -2.21.